The predicted molar refractivity (Wildman–Crippen MR) is 70.2 cm³/mol. The number of rotatable bonds is 6. The van der Waals surface area contributed by atoms with E-state index >= 15 is 0 Å². The molecule has 0 radical (unpaired) electrons. The van der Waals surface area contributed by atoms with E-state index in [-0.39, 0.29) is 11.8 Å². The molecule has 0 bridgehead atoms. The first-order chi connectivity index (χ1) is 8.67. The van der Waals surface area contributed by atoms with E-state index < -0.39 is 0 Å². The lowest BCUT2D eigenvalue weighted by Crippen LogP contribution is -2.33. The van der Waals surface area contributed by atoms with E-state index in [9.17, 15) is 9.59 Å². The van der Waals surface area contributed by atoms with Crippen molar-refractivity contribution < 1.29 is 9.59 Å². The lowest BCUT2D eigenvalue weighted by Gasteiger charge is -2.06. The first-order valence-electron chi connectivity index (χ1n) is 5.95. The van der Waals surface area contributed by atoms with Crippen LogP contribution in [0.5, 0.6) is 0 Å². The minimum atomic E-state index is -0.113. The average Bonchev–Trinajstić information content (AvgIpc) is 2.42. The summed E-state index contributed by atoms with van der Waals surface area (Å²) in [6, 6.07) is 7.14. The quantitative estimate of drug-likeness (QED) is 0.678. The first-order valence-corrected chi connectivity index (χ1v) is 5.95. The Morgan fingerprint density at radius 3 is 2.39 bits per heavy atom. The zero-order valence-corrected chi connectivity index (χ0v) is 10.7. The Kier molecular flexibility index (Phi) is 5.87. The molecule has 2 amide bonds. The summed E-state index contributed by atoms with van der Waals surface area (Å²) >= 11 is 0. The van der Waals surface area contributed by atoms with Crippen LogP contribution in [0.15, 0.2) is 24.3 Å². The molecular weight excluding hydrogens is 230 g/mol. The highest BCUT2D eigenvalue weighted by molar-refractivity contribution is 5.93. The normalized spacial score (nSPS) is 9.89. The van der Waals surface area contributed by atoms with Crippen LogP contribution < -0.4 is 16.0 Å². The Bertz CT molecular complexity index is 401. The second-order valence-electron chi connectivity index (χ2n) is 3.83. The molecule has 0 saturated carbocycles. The highest BCUT2D eigenvalue weighted by Gasteiger charge is 2.03. The van der Waals surface area contributed by atoms with Crippen molar-refractivity contribution in [1.29, 1.82) is 0 Å². The van der Waals surface area contributed by atoms with Crippen LogP contribution in [-0.2, 0) is 11.3 Å². The zero-order valence-electron chi connectivity index (χ0n) is 10.7. The Balaban J connectivity index is 2.44. The number of hydrogen-bond donors (Lipinski definition) is 3. The van der Waals surface area contributed by atoms with E-state index in [0.717, 1.165) is 12.1 Å². The lowest BCUT2D eigenvalue weighted by atomic mass is 10.1. The number of nitrogens with one attached hydrogen (secondary N) is 3. The second-order valence-corrected chi connectivity index (χ2v) is 3.83. The van der Waals surface area contributed by atoms with Gasteiger partial charge in [-0.25, -0.2) is 0 Å². The average molecular weight is 249 g/mol. The van der Waals surface area contributed by atoms with E-state index in [1.165, 1.54) is 0 Å². The van der Waals surface area contributed by atoms with Gasteiger partial charge in [-0.15, -0.1) is 0 Å². The predicted octanol–water partition coefficient (Wildman–Crippen LogP) is 0.272. The van der Waals surface area contributed by atoms with Gasteiger partial charge in [-0.2, -0.15) is 0 Å². The molecule has 0 unspecified atom stereocenters. The molecule has 98 valence electrons. The number of benzene rings is 1. The highest BCUT2D eigenvalue weighted by Crippen LogP contribution is 2.03. The van der Waals surface area contributed by atoms with Crippen molar-refractivity contribution in [2.75, 3.05) is 20.1 Å². The van der Waals surface area contributed by atoms with E-state index in [4.69, 9.17) is 0 Å². The highest BCUT2D eigenvalue weighted by atomic mass is 16.2. The van der Waals surface area contributed by atoms with Crippen LogP contribution in [0.3, 0.4) is 0 Å². The molecule has 0 heterocycles. The minimum Gasteiger partial charge on any atom is -0.355 e. The third-order valence-electron chi connectivity index (χ3n) is 2.47. The van der Waals surface area contributed by atoms with Gasteiger partial charge in [0.2, 0.25) is 5.91 Å². The molecule has 1 aromatic carbocycles. The number of amides is 2. The summed E-state index contributed by atoms with van der Waals surface area (Å²) in [5, 5.41) is 8.30. The van der Waals surface area contributed by atoms with Gasteiger partial charge in [-0.3, -0.25) is 9.59 Å². The first kappa shape index (κ1) is 14.2. The van der Waals surface area contributed by atoms with Crippen molar-refractivity contribution in [3.8, 4) is 0 Å². The third kappa shape index (κ3) is 4.55. The van der Waals surface area contributed by atoms with Crippen molar-refractivity contribution in [1.82, 2.24) is 16.0 Å². The number of carbonyl (C=O) groups is 2. The van der Waals surface area contributed by atoms with Gasteiger partial charge < -0.3 is 16.0 Å². The molecule has 18 heavy (non-hydrogen) atoms. The maximum Gasteiger partial charge on any atom is 0.251 e. The van der Waals surface area contributed by atoms with Crippen LogP contribution in [0, 0.1) is 0 Å². The summed E-state index contributed by atoms with van der Waals surface area (Å²) in [7, 11) is 1.59. The topological polar surface area (TPSA) is 70.2 Å². The molecule has 0 aliphatic rings. The molecule has 5 nitrogen and oxygen atoms in total. The molecule has 0 aliphatic heterocycles. The largest absolute Gasteiger partial charge is 0.355 e. The van der Waals surface area contributed by atoms with Gasteiger partial charge in [0, 0.05) is 19.2 Å². The van der Waals surface area contributed by atoms with Crippen LogP contribution in [0.2, 0.25) is 0 Å². The van der Waals surface area contributed by atoms with Gasteiger partial charge in [0.25, 0.3) is 5.91 Å². The third-order valence-corrected chi connectivity index (χ3v) is 2.47. The maximum absolute atomic E-state index is 11.4. The van der Waals surface area contributed by atoms with Crippen molar-refractivity contribution in [3.63, 3.8) is 0 Å². The summed E-state index contributed by atoms with van der Waals surface area (Å²) in [5.41, 5.74) is 1.58. The Morgan fingerprint density at radius 1 is 1.17 bits per heavy atom. The van der Waals surface area contributed by atoms with Crippen molar-refractivity contribution in [3.05, 3.63) is 35.4 Å². The summed E-state index contributed by atoms with van der Waals surface area (Å²) in [6.07, 6.45) is 0. The van der Waals surface area contributed by atoms with Crippen molar-refractivity contribution in [2.24, 2.45) is 0 Å². The molecule has 0 aliphatic carbocycles. The fraction of sp³-hybridized carbons (Fsp3) is 0.385. The van der Waals surface area contributed by atoms with Crippen molar-refractivity contribution in [2.45, 2.75) is 13.5 Å². The zero-order chi connectivity index (χ0) is 13.4. The number of carbonyl (C=O) groups excluding carboxylic acids is 2. The Morgan fingerprint density at radius 2 is 1.83 bits per heavy atom. The van der Waals surface area contributed by atoms with E-state index in [2.05, 4.69) is 16.0 Å². The molecular formula is C13H19N3O2. The minimum absolute atomic E-state index is 0.0350. The smallest absolute Gasteiger partial charge is 0.251 e. The van der Waals surface area contributed by atoms with Crippen molar-refractivity contribution >= 4 is 11.8 Å². The molecule has 0 spiro atoms. The molecule has 0 aromatic heterocycles. The van der Waals surface area contributed by atoms with E-state index in [1.807, 2.05) is 19.1 Å². The molecule has 0 saturated heterocycles. The number of hydrogen-bond acceptors (Lipinski definition) is 3. The maximum atomic E-state index is 11.4. The van der Waals surface area contributed by atoms with Gasteiger partial charge in [-0.05, 0) is 24.2 Å². The molecule has 0 fully saturated rings. The van der Waals surface area contributed by atoms with Crippen LogP contribution in [0.4, 0.5) is 0 Å². The van der Waals surface area contributed by atoms with Crippen LogP contribution in [0.1, 0.15) is 22.8 Å². The lowest BCUT2D eigenvalue weighted by molar-refractivity contribution is -0.120. The van der Waals surface area contributed by atoms with Crippen LogP contribution in [-0.4, -0.2) is 32.0 Å². The molecule has 0 atom stereocenters. The van der Waals surface area contributed by atoms with Crippen LogP contribution >= 0.6 is 0 Å². The number of likely N-dealkylation sites (N-methyl/N-ethyl adjacent to an activating group) is 1. The Labute approximate surface area is 107 Å². The molecule has 1 rings (SSSR count). The molecule has 5 heteroatoms. The standard InChI is InChI=1S/C13H19N3O2/c1-3-15-9-12(17)16-8-10-4-6-11(7-5-10)13(18)14-2/h4-7,15H,3,8-9H2,1-2H3,(H,14,18)(H,16,17). The fourth-order valence-electron chi connectivity index (χ4n) is 1.42. The molecule has 1 aromatic rings. The van der Waals surface area contributed by atoms with Gasteiger partial charge in [0.1, 0.15) is 0 Å². The van der Waals surface area contributed by atoms with Gasteiger partial charge in [0.05, 0.1) is 6.54 Å². The monoisotopic (exact) mass is 249 g/mol. The van der Waals surface area contributed by atoms with E-state index in [0.29, 0.717) is 18.7 Å². The SMILES string of the molecule is CCNCC(=O)NCc1ccc(C(=O)NC)cc1. The molecule has 3 N–H and O–H groups in total. The van der Waals surface area contributed by atoms with Gasteiger partial charge >= 0.3 is 0 Å². The summed E-state index contributed by atoms with van der Waals surface area (Å²) in [5.74, 6) is -0.148. The summed E-state index contributed by atoms with van der Waals surface area (Å²) in [4.78, 5) is 22.7. The van der Waals surface area contributed by atoms with Gasteiger partial charge in [-0.1, -0.05) is 19.1 Å². The summed E-state index contributed by atoms with van der Waals surface area (Å²) < 4.78 is 0. The van der Waals surface area contributed by atoms with E-state index in [1.54, 1.807) is 19.2 Å². The van der Waals surface area contributed by atoms with Gasteiger partial charge in [0.15, 0.2) is 0 Å². The summed E-state index contributed by atoms with van der Waals surface area (Å²) in [6.45, 7) is 3.52. The van der Waals surface area contributed by atoms with Crippen LogP contribution in [0.25, 0.3) is 0 Å². The second kappa shape index (κ2) is 7.45. The Hall–Kier alpha value is -1.88. The fourth-order valence-corrected chi connectivity index (χ4v) is 1.42.